The molecule has 34 heavy (non-hydrogen) atoms. The number of rotatable bonds is 8. The first-order valence-corrected chi connectivity index (χ1v) is 10.8. The van der Waals surface area contributed by atoms with Crippen LogP contribution in [-0.2, 0) is 9.59 Å². The Morgan fingerprint density at radius 2 is 1.53 bits per heavy atom. The van der Waals surface area contributed by atoms with E-state index in [4.69, 9.17) is 21.1 Å². The fourth-order valence-electron chi connectivity index (χ4n) is 2.63. The Bertz CT molecular complexity index is 1160. The normalized spacial score (nSPS) is 10.5. The summed E-state index contributed by atoms with van der Waals surface area (Å²) in [6.45, 7) is 2.63. The average molecular weight is 480 g/mol. The zero-order chi connectivity index (χ0) is 24.3. The number of carbonyl (C=O) groups is 3. The first kappa shape index (κ1) is 24.5. The van der Waals surface area contributed by atoms with E-state index in [9.17, 15) is 14.4 Å². The highest BCUT2D eigenvalue weighted by molar-refractivity contribution is 6.39. The van der Waals surface area contributed by atoms with Crippen LogP contribution in [0.15, 0.2) is 77.9 Å². The number of hydrogen-bond donors (Lipinski definition) is 2. The van der Waals surface area contributed by atoms with Crippen molar-refractivity contribution in [1.82, 2.24) is 5.43 Å². The number of anilines is 1. The smallest absolute Gasteiger partial charge is 0.343 e. The lowest BCUT2D eigenvalue weighted by atomic mass is 10.2. The second-order valence-electron chi connectivity index (χ2n) is 6.99. The van der Waals surface area contributed by atoms with Gasteiger partial charge in [0.1, 0.15) is 11.5 Å². The molecule has 174 valence electrons. The van der Waals surface area contributed by atoms with Crippen molar-refractivity contribution in [3.63, 3.8) is 0 Å². The molecule has 0 radical (unpaired) electrons. The molecule has 0 saturated carbocycles. The minimum absolute atomic E-state index is 0.347. The van der Waals surface area contributed by atoms with Crippen molar-refractivity contribution >= 4 is 41.3 Å². The molecule has 0 saturated heterocycles. The standard InChI is InChI=1S/C25H22ClN3O5/c1-2-15-33-21-13-5-18(6-14-21)25(32)34-22-11-3-17(4-12-22)16-27-29-24(31)23(30)28-20-9-7-19(26)8-10-20/h3-14,16H,2,15H2,1H3,(H,28,30)(H,29,31)/b27-16+. The van der Waals surface area contributed by atoms with Gasteiger partial charge < -0.3 is 14.8 Å². The first-order chi connectivity index (χ1) is 16.4. The average Bonchev–Trinajstić information content (AvgIpc) is 2.85. The first-order valence-electron chi connectivity index (χ1n) is 10.4. The molecule has 2 N–H and O–H groups in total. The van der Waals surface area contributed by atoms with Crippen LogP contribution < -0.4 is 20.2 Å². The van der Waals surface area contributed by atoms with E-state index < -0.39 is 17.8 Å². The zero-order valence-corrected chi connectivity index (χ0v) is 19.0. The van der Waals surface area contributed by atoms with Gasteiger partial charge in [-0.15, -0.1) is 0 Å². The number of carbonyl (C=O) groups excluding carboxylic acids is 3. The maximum atomic E-state index is 12.3. The third-order valence-corrected chi connectivity index (χ3v) is 4.59. The van der Waals surface area contributed by atoms with Crippen molar-refractivity contribution in [2.24, 2.45) is 5.10 Å². The zero-order valence-electron chi connectivity index (χ0n) is 18.3. The van der Waals surface area contributed by atoms with E-state index in [-0.39, 0.29) is 0 Å². The van der Waals surface area contributed by atoms with Gasteiger partial charge in [0.15, 0.2) is 0 Å². The number of nitrogens with one attached hydrogen (secondary N) is 2. The summed E-state index contributed by atoms with van der Waals surface area (Å²) in [5, 5.41) is 6.70. The Balaban J connectivity index is 1.48. The molecular weight excluding hydrogens is 458 g/mol. The van der Waals surface area contributed by atoms with Crippen molar-refractivity contribution in [3.8, 4) is 11.5 Å². The summed E-state index contributed by atoms with van der Waals surface area (Å²) in [6.07, 6.45) is 2.25. The minimum atomic E-state index is -0.928. The number of halogens is 1. The molecule has 0 heterocycles. The van der Waals surface area contributed by atoms with Crippen molar-refractivity contribution < 1.29 is 23.9 Å². The van der Waals surface area contributed by atoms with Gasteiger partial charge in [-0.1, -0.05) is 18.5 Å². The third-order valence-electron chi connectivity index (χ3n) is 4.34. The second-order valence-corrected chi connectivity index (χ2v) is 7.43. The largest absolute Gasteiger partial charge is 0.494 e. The number of esters is 1. The number of nitrogens with zero attached hydrogens (tertiary/aromatic N) is 1. The number of amides is 2. The highest BCUT2D eigenvalue weighted by Crippen LogP contribution is 2.17. The SMILES string of the molecule is CCCOc1ccc(C(=O)Oc2ccc(/C=N/NC(=O)C(=O)Nc3ccc(Cl)cc3)cc2)cc1. The Labute approximate surface area is 201 Å². The maximum absolute atomic E-state index is 12.3. The molecule has 0 aromatic heterocycles. The summed E-state index contributed by atoms with van der Waals surface area (Å²) in [5.41, 5.74) is 3.59. The lowest BCUT2D eigenvalue weighted by molar-refractivity contribution is -0.136. The van der Waals surface area contributed by atoms with Gasteiger partial charge in [-0.3, -0.25) is 9.59 Å². The van der Waals surface area contributed by atoms with Crippen LogP contribution in [0.2, 0.25) is 5.02 Å². The van der Waals surface area contributed by atoms with Crippen LogP contribution >= 0.6 is 11.6 Å². The quantitative estimate of drug-likeness (QED) is 0.163. The molecule has 0 unspecified atom stereocenters. The Morgan fingerprint density at radius 1 is 0.882 bits per heavy atom. The van der Waals surface area contributed by atoms with Crippen molar-refractivity contribution in [1.29, 1.82) is 0 Å². The minimum Gasteiger partial charge on any atom is -0.494 e. The maximum Gasteiger partial charge on any atom is 0.343 e. The predicted molar refractivity (Wildman–Crippen MR) is 129 cm³/mol. The summed E-state index contributed by atoms with van der Waals surface area (Å²) in [6, 6.07) is 19.5. The van der Waals surface area contributed by atoms with E-state index in [1.54, 1.807) is 72.8 Å². The highest BCUT2D eigenvalue weighted by Gasteiger charge is 2.13. The summed E-state index contributed by atoms with van der Waals surface area (Å²) < 4.78 is 10.9. The third kappa shape index (κ3) is 7.46. The van der Waals surface area contributed by atoms with Gasteiger partial charge in [-0.05, 0) is 84.8 Å². The van der Waals surface area contributed by atoms with Crippen LogP contribution in [0.3, 0.4) is 0 Å². The van der Waals surface area contributed by atoms with E-state index in [1.165, 1.54) is 6.21 Å². The Kier molecular flexibility index (Phi) is 8.76. The van der Waals surface area contributed by atoms with Crippen LogP contribution in [0.1, 0.15) is 29.3 Å². The molecule has 0 atom stereocenters. The van der Waals surface area contributed by atoms with Crippen LogP contribution in [0.4, 0.5) is 5.69 Å². The Hall–Kier alpha value is -4.17. The van der Waals surface area contributed by atoms with Crippen molar-refractivity contribution in [3.05, 3.63) is 88.9 Å². The second kappa shape index (κ2) is 12.2. The van der Waals surface area contributed by atoms with Crippen molar-refractivity contribution in [2.45, 2.75) is 13.3 Å². The monoisotopic (exact) mass is 479 g/mol. The molecule has 0 aliphatic carbocycles. The van der Waals surface area contributed by atoms with E-state index in [0.717, 1.165) is 6.42 Å². The van der Waals surface area contributed by atoms with Crippen molar-refractivity contribution in [2.75, 3.05) is 11.9 Å². The van der Waals surface area contributed by atoms with Gasteiger partial charge >= 0.3 is 17.8 Å². The van der Waals surface area contributed by atoms with Gasteiger partial charge in [0.25, 0.3) is 0 Å². The molecule has 0 spiro atoms. The van der Waals surface area contributed by atoms with Gasteiger partial charge in [-0.25, -0.2) is 10.2 Å². The molecule has 9 heteroatoms. The predicted octanol–water partition coefficient (Wildman–Crippen LogP) is 4.44. The molecule has 0 aliphatic heterocycles. The summed E-state index contributed by atoms with van der Waals surface area (Å²) >= 11 is 5.78. The highest BCUT2D eigenvalue weighted by atomic mass is 35.5. The Morgan fingerprint density at radius 3 is 2.18 bits per heavy atom. The fourth-order valence-corrected chi connectivity index (χ4v) is 2.76. The molecule has 0 fully saturated rings. The summed E-state index contributed by atoms with van der Waals surface area (Å²) in [5.74, 6) is -1.26. The topological polar surface area (TPSA) is 106 Å². The molecule has 3 aromatic carbocycles. The molecule has 3 rings (SSSR count). The van der Waals surface area contributed by atoms with E-state index in [1.807, 2.05) is 6.92 Å². The van der Waals surface area contributed by atoms with Crippen LogP contribution in [0, 0.1) is 0 Å². The molecular formula is C25H22ClN3O5. The lowest BCUT2D eigenvalue weighted by Crippen LogP contribution is -2.32. The van der Waals surface area contributed by atoms with Gasteiger partial charge in [0, 0.05) is 10.7 Å². The molecule has 0 aliphatic rings. The van der Waals surface area contributed by atoms with E-state index >= 15 is 0 Å². The van der Waals surface area contributed by atoms with E-state index in [2.05, 4.69) is 15.8 Å². The van der Waals surface area contributed by atoms with E-state index in [0.29, 0.717) is 39.9 Å². The lowest BCUT2D eigenvalue weighted by Gasteiger charge is -2.07. The van der Waals surface area contributed by atoms with Crippen LogP contribution in [0.5, 0.6) is 11.5 Å². The van der Waals surface area contributed by atoms with Gasteiger partial charge in [0.05, 0.1) is 18.4 Å². The molecule has 3 aromatic rings. The molecule has 8 nitrogen and oxygen atoms in total. The number of hydrazone groups is 1. The summed E-state index contributed by atoms with van der Waals surface area (Å²) in [4.78, 5) is 36.0. The number of benzene rings is 3. The van der Waals surface area contributed by atoms with Gasteiger partial charge in [0.2, 0.25) is 0 Å². The number of hydrogen-bond acceptors (Lipinski definition) is 6. The van der Waals surface area contributed by atoms with Crippen LogP contribution in [-0.4, -0.2) is 30.6 Å². The molecule has 2 amide bonds. The van der Waals surface area contributed by atoms with Gasteiger partial charge in [-0.2, -0.15) is 5.10 Å². The summed E-state index contributed by atoms with van der Waals surface area (Å²) in [7, 11) is 0. The number of ether oxygens (including phenoxy) is 2. The molecule has 0 bridgehead atoms. The van der Waals surface area contributed by atoms with Crippen LogP contribution in [0.25, 0.3) is 0 Å². The fraction of sp³-hybridized carbons (Fsp3) is 0.120.